The Morgan fingerprint density at radius 3 is 2.16 bits per heavy atom. The summed E-state index contributed by atoms with van der Waals surface area (Å²) in [7, 11) is 0. The van der Waals surface area contributed by atoms with E-state index in [-0.39, 0.29) is 29.1 Å². The molecule has 0 saturated heterocycles. The van der Waals surface area contributed by atoms with E-state index in [9.17, 15) is 14.7 Å². The predicted octanol–water partition coefficient (Wildman–Crippen LogP) is 7.60. The highest BCUT2D eigenvalue weighted by molar-refractivity contribution is 7.09. The molecule has 0 unspecified atom stereocenters. The monoisotopic (exact) mass is 606 g/mol. The van der Waals surface area contributed by atoms with E-state index in [4.69, 9.17) is 4.74 Å². The van der Waals surface area contributed by atoms with Crippen molar-refractivity contribution in [3.8, 4) is 5.75 Å². The number of aryl methyl sites for hydroxylation is 2. The van der Waals surface area contributed by atoms with Crippen LogP contribution in [0.25, 0.3) is 0 Å². The van der Waals surface area contributed by atoms with E-state index in [0.717, 1.165) is 32.7 Å². The number of rotatable bonds is 13. The molecule has 1 aromatic heterocycles. The molecule has 1 atom stereocenters. The van der Waals surface area contributed by atoms with Crippen LogP contribution in [0.2, 0.25) is 0 Å². The summed E-state index contributed by atoms with van der Waals surface area (Å²) in [6.07, 6.45) is 1.44. The molecule has 7 heteroatoms. The molecular weight excluding hydrogens is 556 g/mol. The van der Waals surface area contributed by atoms with Crippen molar-refractivity contribution in [1.29, 1.82) is 0 Å². The highest BCUT2D eigenvalue weighted by atomic mass is 32.1. The van der Waals surface area contributed by atoms with Crippen LogP contribution in [-0.4, -0.2) is 41.6 Å². The lowest BCUT2D eigenvalue weighted by Crippen LogP contribution is -2.43. The molecule has 0 saturated carbocycles. The number of carbonyl (C=O) groups is 2. The number of benzene rings is 2. The van der Waals surface area contributed by atoms with Gasteiger partial charge in [0.15, 0.2) is 0 Å². The van der Waals surface area contributed by atoms with Crippen molar-refractivity contribution in [2.24, 2.45) is 0 Å². The number of amides is 2. The number of ether oxygens (including phenoxy) is 1. The first-order chi connectivity index (χ1) is 20.2. The molecule has 234 valence electrons. The standard InChI is InChI=1S/C36H50N2O4S/c1-9-42-20-11-19-37-34(41)32(27-16-13-25(2)14-17-27)38(24-28-12-10-21-43-28)31(39)18-15-26-22-29(35(3,4)5)33(40)30(23-26)36(6,7)8/h10,12-14,16-17,21-23,32,40H,9,11,15,18-20,24H2,1-8H3,(H,37,41)/t32-/m1/s1. The van der Waals surface area contributed by atoms with Crippen LogP contribution in [0.4, 0.5) is 0 Å². The maximum Gasteiger partial charge on any atom is 0.247 e. The molecule has 0 radical (unpaired) electrons. The van der Waals surface area contributed by atoms with Crippen LogP contribution in [0.15, 0.2) is 53.9 Å². The number of phenolic OH excluding ortho intramolecular Hbond substituents is 1. The van der Waals surface area contributed by atoms with Gasteiger partial charge < -0.3 is 20.1 Å². The van der Waals surface area contributed by atoms with Crippen molar-refractivity contribution >= 4 is 23.2 Å². The zero-order valence-corrected chi connectivity index (χ0v) is 28.1. The van der Waals surface area contributed by atoms with Crippen LogP contribution in [-0.2, 0) is 38.1 Å². The third kappa shape index (κ3) is 9.67. The fourth-order valence-electron chi connectivity index (χ4n) is 5.12. The first kappa shape index (κ1) is 34.3. The largest absolute Gasteiger partial charge is 0.507 e. The number of phenols is 1. The van der Waals surface area contributed by atoms with Crippen molar-refractivity contribution in [3.05, 3.63) is 86.6 Å². The molecule has 43 heavy (non-hydrogen) atoms. The third-order valence-electron chi connectivity index (χ3n) is 7.56. The lowest BCUT2D eigenvalue weighted by molar-refractivity contribution is -0.141. The van der Waals surface area contributed by atoms with Gasteiger partial charge in [-0.05, 0) is 71.2 Å². The quantitative estimate of drug-likeness (QED) is 0.196. The van der Waals surface area contributed by atoms with Gasteiger partial charge in [-0.25, -0.2) is 0 Å². The molecule has 3 rings (SSSR count). The molecule has 3 aromatic rings. The Balaban J connectivity index is 1.95. The zero-order chi connectivity index (χ0) is 31.8. The first-order valence-electron chi connectivity index (χ1n) is 15.3. The van der Waals surface area contributed by atoms with Gasteiger partial charge in [0.25, 0.3) is 0 Å². The molecule has 2 aromatic carbocycles. The topological polar surface area (TPSA) is 78.9 Å². The van der Waals surface area contributed by atoms with Crippen LogP contribution in [0.5, 0.6) is 5.75 Å². The van der Waals surface area contributed by atoms with Gasteiger partial charge >= 0.3 is 0 Å². The summed E-state index contributed by atoms with van der Waals surface area (Å²) in [5.41, 5.74) is 4.12. The third-order valence-corrected chi connectivity index (χ3v) is 8.42. The van der Waals surface area contributed by atoms with Gasteiger partial charge in [-0.2, -0.15) is 0 Å². The Bertz CT molecular complexity index is 1300. The zero-order valence-electron chi connectivity index (χ0n) is 27.3. The molecule has 2 amide bonds. The normalized spacial score (nSPS) is 12.7. The summed E-state index contributed by atoms with van der Waals surface area (Å²) in [5, 5.41) is 16.2. The number of carbonyl (C=O) groups excluding carboxylic acids is 2. The predicted molar refractivity (Wildman–Crippen MR) is 177 cm³/mol. The van der Waals surface area contributed by atoms with E-state index in [2.05, 4.69) is 46.9 Å². The Morgan fingerprint density at radius 1 is 1.00 bits per heavy atom. The number of thiophene rings is 1. The fraction of sp³-hybridized carbons (Fsp3) is 0.500. The van der Waals surface area contributed by atoms with Crippen molar-refractivity contribution in [2.45, 2.75) is 98.1 Å². The van der Waals surface area contributed by atoms with Gasteiger partial charge in [-0.3, -0.25) is 9.59 Å². The maximum absolute atomic E-state index is 14.2. The number of nitrogens with zero attached hydrogens (tertiary/aromatic N) is 1. The molecular formula is C36H50N2O4S. The minimum absolute atomic E-state index is 0.0915. The van der Waals surface area contributed by atoms with Crippen LogP contribution in [0, 0.1) is 6.92 Å². The van der Waals surface area contributed by atoms with Gasteiger partial charge in [0.05, 0.1) is 6.54 Å². The second-order valence-electron chi connectivity index (χ2n) is 13.3. The summed E-state index contributed by atoms with van der Waals surface area (Å²) in [6, 6.07) is 15.1. The Morgan fingerprint density at radius 2 is 1.63 bits per heavy atom. The lowest BCUT2D eigenvalue weighted by atomic mass is 9.78. The summed E-state index contributed by atoms with van der Waals surface area (Å²) < 4.78 is 5.44. The second kappa shape index (κ2) is 15.0. The van der Waals surface area contributed by atoms with Crippen LogP contribution in [0.1, 0.15) is 100 Å². The van der Waals surface area contributed by atoms with E-state index in [1.54, 1.807) is 16.2 Å². The molecule has 1 heterocycles. The average molecular weight is 607 g/mol. The van der Waals surface area contributed by atoms with E-state index in [1.807, 2.05) is 67.8 Å². The fourth-order valence-corrected chi connectivity index (χ4v) is 5.82. The Labute approximate surface area is 262 Å². The van der Waals surface area contributed by atoms with Crippen molar-refractivity contribution < 1.29 is 19.4 Å². The van der Waals surface area contributed by atoms with E-state index >= 15 is 0 Å². The minimum atomic E-state index is -0.766. The molecule has 0 fully saturated rings. The molecule has 0 bridgehead atoms. The molecule has 0 aliphatic rings. The first-order valence-corrected chi connectivity index (χ1v) is 16.2. The van der Waals surface area contributed by atoms with Crippen LogP contribution in [0.3, 0.4) is 0 Å². The van der Waals surface area contributed by atoms with Crippen molar-refractivity contribution in [2.75, 3.05) is 19.8 Å². The summed E-state index contributed by atoms with van der Waals surface area (Å²) in [4.78, 5) is 30.7. The molecule has 0 aliphatic heterocycles. The van der Waals surface area contributed by atoms with Gasteiger partial charge in [0.1, 0.15) is 11.8 Å². The van der Waals surface area contributed by atoms with E-state index < -0.39 is 6.04 Å². The van der Waals surface area contributed by atoms with Gasteiger partial charge in [0, 0.05) is 31.1 Å². The maximum atomic E-state index is 14.2. The highest BCUT2D eigenvalue weighted by Gasteiger charge is 2.32. The number of aromatic hydroxyl groups is 1. The smallest absolute Gasteiger partial charge is 0.247 e. The molecule has 0 aliphatic carbocycles. The van der Waals surface area contributed by atoms with E-state index in [1.165, 1.54) is 0 Å². The summed E-state index contributed by atoms with van der Waals surface area (Å²) >= 11 is 1.58. The number of hydrogen-bond acceptors (Lipinski definition) is 5. The van der Waals surface area contributed by atoms with Gasteiger partial charge in [-0.15, -0.1) is 11.3 Å². The summed E-state index contributed by atoms with van der Waals surface area (Å²) in [6.45, 7) is 18.5. The number of hydrogen-bond donors (Lipinski definition) is 2. The Kier molecular flexibility index (Phi) is 12.0. The number of nitrogens with one attached hydrogen (secondary N) is 1. The average Bonchev–Trinajstić information content (AvgIpc) is 3.45. The van der Waals surface area contributed by atoms with Gasteiger partial charge in [-0.1, -0.05) is 89.6 Å². The van der Waals surface area contributed by atoms with Crippen molar-refractivity contribution in [1.82, 2.24) is 10.2 Å². The SMILES string of the molecule is CCOCCCNC(=O)[C@@H](c1ccc(C)cc1)N(Cc1cccs1)C(=O)CCc1cc(C(C)(C)C)c(O)c(C(C)(C)C)c1. The highest BCUT2D eigenvalue weighted by Crippen LogP contribution is 2.40. The van der Waals surface area contributed by atoms with Crippen LogP contribution >= 0.6 is 11.3 Å². The van der Waals surface area contributed by atoms with Crippen molar-refractivity contribution in [3.63, 3.8) is 0 Å². The Hall–Kier alpha value is -3.16. The second-order valence-corrected chi connectivity index (χ2v) is 14.3. The molecule has 2 N–H and O–H groups in total. The van der Waals surface area contributed by atoms with Crippen LogP contribution < -0.4 is 5.32 Å². The van der Waals surface area contributed by atoms with Gasteiger partial charge in [0.2, 0.25) is 11.8 Å². The van der Waals surface area contributed by atoms with E-state index in [0.29, 0.717) is 44.9 Å². The molecule has 6 nitrogen and oxygen atoms in total. The lowest BCUT2D eigenvalue weighted by Gasteiger charge is -2.32. The summed E-state index contributed by atoms with van der Waals surface area (Å²) in [5.74, 6) is 0.0425. The minimum Gasteiger partial charge on any atom is -0.507 e. The molecule has 0 spiro atoms.